The molecule has 0 unspecified atom stereocenters. The van der Waals surface area contributed by atoms with Crippen LogP contribution in [0.4, 0.5) is 0 Å². The number of carbonyl (C=O) groups is 1. The van der Waals surface area contributed by atoms with Gasteiger partial charge in [-0.15, -0.1) is 0 Å². The van der Waals surface area contributed by atoms with Gasteiger partial charge in [0.1, 0.15) is 0 Å². The molecule has 15 heavy (non-hydrogen) atoms. The normalized spacial score (nSPS) is 11.5. The third-order valence-electron chi connectivity index (χ3n) is 2.25. The quantitative estimate of drug-likeness (QED) is 0.554. The molecule has 4 nitrogen and oxygen atoms in total. The van der Waals surface area contributed by atoms with Gasteiger partial charge in [-0.1, -0.05) is 20.8 Å². The third kappa shape index (κ3) is 8.39. The van der Waals surface area contributed by atoms with Gasteiger partial charge in [0, 0.05) is 19.7 Å². The molecule has 0 atom stereocenters. The summed E-state index contributed by atoms with van der Waals surface area (Å²) in [7, 11) is 0. The Kier molecular flexibility index (Phi) is 7.34. The molecular formula is C11H24N2O2. The molecule has 4 heteroatoms. The van der Waals surface area contributed by atoms with Crippen LogP contribution in [0.1, 0.15) is 33.6 Å². The van der Waals surface area contributed by atoms with Crippen molar-refractivity contribution in [1.82, 2.24) is 10.6 Å². The second kappa shape index (κ2) is 7.65. The Hall–Kier alpha value is -0.610. The summed E-state index contributed by atoms with van der Waals surface area (Å²) in [6.45, 7) is 8.19. The Morgan fingerprint density at radius 1 is 1.40 bits per heavy atom. The molecule has 1 amide bonds. The lowest BCUT2D eigenvalue weighted by atomic mass is 9.90. The van der Waals surface area contributed by atoms with E-state index in [0.29, 0.717) is 6.54 Å². The first kappa shape index (κ1) is 14.4. The first-order chi connectivity index (χ1) is 7.02. The summed E-state index contributed by atoms with van der Waals surface area (Å²) < 4.78 is 0. The zero-order chi connectivity index (χ0) is 11.7. The van der Waals surface area contributed by atoms with Gasteiger partial charge in [0.2, 0.25) is 5.91 Å². The predicted octanol–water partition coefficient (Wildman–Crippen LogP) is 0.511. The highest BCUT2D eigenvalue weighted by molar-refractivity contribution is 5.77. The van der Waals surface area contributed by atoms with Gasteiger partial charge in [-0.2, -0.15) is 0 Å². The summed E-state index contributed by atoms with van der Waals surface area (Å²) in [5, 5.41) is 14.7. The SMILES string of the molecule is CCCNC(=O)CNCC(C)(C)CCO. The van der Waals surface area contributed by atoms with E-state index < -0.39 is 0 Å². The van der Waals surface area contributed by atoms with E-state index in [1.54, 1.807) is 0 Å². The number of carbonyl (C=O) groups excluding carboxylic acids is 1. The van der Waals surface area contributed by atoms with Crippen LogP contribution in [0.25, 0.3) is 0 Å². The molecule has 3 N–H and O–H groups in total. The molecule has 0 aromatic carbocycles. The summed E-state index contributed by atoms with van der Waals surface area (Å²) in [6, 6.07) is 0. The topological polar surface area (TPSA) is 61.4 Å². The first-order valence-corrected chi connectivity index (χ1v) is 5.60. The fourth-order valence-corrected chi connectivity index (χ4v) is 1.23. The van der Waals surface area contributed by atoms with E-state index >= 15 is 0 Å². The van der Waals surface area contributed by atoms with Gasteiger partial charge in [-0.05, 0) is 18.3 Å². The smallest absolute Gasteiger partial charge is 0.233 e. The third-order valence-corrected chi connectivity index (χ3v) is 2.25. The molecule has 90 valence electrons. The molecule has 0 aliphatic carbocycles. The average molecular weight is 216 g/mol. The van der Waals surface area contributed by atoms with Crippen molar-refractivity contribution < 1.29 is 9.90 Å². The number of aliphatic hydroxyl groups is 1. The van der Waals surface area contributed by atoms with Crippen LogP contribution in [0.15, 0.2) is 0 Å². The highest BCUT2D eigenvalue weighted by atomic mass is 16.3. The van der Waals surface area contributed by atoms with Crippen molar-refractivity contribution in [3.05, 3.63) is 0 Å². The lowest BCUT2D eigenvalue weighted by Crippen LogP contribution is -2.38. The van der Waals surface area contributed by atoms with Gasteiger partial charge < -0.3 is 15.7 Å². The molecular weight excluding hydrogens is 192 g/mol. The summed E-state index contributed by atoms with van der Waals surface area (Å²) in [6.07, 6.45) is 1.71. The average Bonchev–Trinajstić information content (AvgIpc) is 2.14. The molecule has 0 spiro atoms. The fourth-order valence-electron chi connectivity index (χ4n) is 1.23. The Morgan fingerprint density at radius 2 is 2.07 bits per heavy atom. The van der Waals surface area contributed by atoms with Crippen molar-refractivity contribution in [2.24, 2.45) is 5.41 Å². The van der Waals surface area contributed by atoms with Crippen LogP contribution in [-0.2, 0) is 4.79 Å². The number of rotatable bonds is 8. The summed E-state index contributed by atoms with van der Waals surface area (Å²) in [5.41, 5.74) is 0.0415. The highest BCUT2D eigenvalue weighted by Crippen LogP contribution is 2.17. The number of aliphatic hydroxyl groups excluding tert-OH is 1. The van der Waals surface area contributed by atoms with E-state index in [1.165, 1.54) is 0 Å². The first-order valence-electron chi connectivity index (χ1n) is 5.60. The minimum atomic E-state index is 0.0386. The maximum atomic E-state index is 11.2. The molecule has 0 fully saturated rings. The zero-order valence-corrected chi connectivity index (χ0v) is 10.1. The minimum absolute atomic E-state index is 0.0386. The van der Waals surface area contributed by atoms with Crippen molar-refractivity contribution in [1.29, 1.82) is 0 Å². The van der Waals surface area contributed by atoms with Crippen LogP contribution >= 0.6 is 0 Å². The number of hydrogen-bond donors (Lipinski definition) is 3. The van der Waals surface area contributed by atoms with E-state index in [9.17, 15) is 4.79 Å². The van der Waals surface area contributed by atoms with Crippen molar-refractivity contribution >= 4 is 5.91 Å². The molecule has 0 aliphatic rings. The molecule has 0 aromatic heterocycles. The minimum Gasteiger partial charge on any atom is -0.396 e. The second-order valence-corrected chi connectivity index (χ2v) is 4.59. The molecule has 0 aromatic rings. The number of amides is 1. The molecule has 0 heterocycles. The molecule has 0 saturated carbocycles. The lowest BCUT2D eigenvalue weighted by Gasteiger charge is -2.23. The van der Waals surface area contributed by atoms with Crippen LogP contribution < -0.4 is 10.6 Å². The van der Waals surface area contributed by atoms with Gasteiger partial charge in [0.25, 0.3) is 0 Å². The van der Waals surface area contributed by atoms with Crippen LogP contribution in [0, 0.1) is 5.41 Å². The van der Waals surface area contributed by atoms with Gasteiger partial charge in [0.15, 0.2) is 0 Å². The Balaban J connectivity index is 3.55. The Bertz CT molecular complexity index is 181. The zero-order valence-electron chi connectivity index (χ0n) is 10.1. The Morgan fingerprint density at radius 3 is 2.60 bits per heavy atom. The molecule has 0 bridgehead atoms. The maximum Gasteiger partial charge on any atom is 0.233 e. The summed E-state index contributed by atoms with van der Waals surface area (Å²) >= 11 is 0. The lowest BCUT2D eigenvalue weighted by molar-refractivity contribution is -0.120. The molecule has 0 radical (unpaired) electrons. The van der Waals surface area contributed by atoms with Crippen LogP contribution in [0.5, 0.6) is 0 Å². The highest BCUT2D eigenvalue weighted by Gasteiger charge is 2.16. The second-order valence-electron chi connectivity index (χ2n) is 4.59. The van der Waals surface area contributed by atoms with E-state index in [2.05, 4.69) is 24.5 Å². The predicted molar refractivity (Wildman–Crippen MR) is 61.7 cm³/mol. The fraction of sp³-hybridized carbons (Fsp3) is 0.909. The van der Waals surface area contributed by atoms with Gasteiger partial charge >= 0.3 is 0 Å². The molecule has 0 rings (SSSR count). The van der Waals surface area contributed by atoms with Crippen molar-refractivity contribution in [3.8, 4) is 0 Å². The Labute approximate surface area is 92.4 Å². The van der Waals surface area contributed by atoms with Crippen LogP contribution in [-0.4, -0.2) is 37.3 Å². The van der Waals surface area contributed by atoms with Crippen LogP contribution in [0.3, 0.4) is 0 Å². The number of nitrogens with one attached hydrogen (secondary N) is 2. The van der Waals surface area contributed by atoms with E-state index in [4.69, 9.17) is 5.11 Å². The number of hydrogen-bond acceptors (Lipinski definition) is 3. The largest absolute Gasteiger partial charge is 0.396 e. The van der Waals surface area contributed by atoms with Crippen LogP contribution in [0.2, 0.25) is 0 Å². The van der Waals surface area contributed by atoms with E-state index in [1.807, 2.05) is 6.92 Å². The van der Waals surface area contributed by atoms with E-state index in [0.717, 1.165) is 25.9 Å². The van der Waals surface area contributed by atoms with Gasteiger partial charge in [-0.25, -0.2) is 0 Å². The molecule has 0 saturated heterocycles. The summed E-state index contributed by atoms with van der Waals surface area (Å²) in [5.74, 6) is 0.0386. The van der Waals surface area contributed by atoms with Gasteiger partial charge in [0.05, 0.1) is 6.54 Å². The van der Waals surface area contributed by atoms with Crippen molar-refractivity contribution in [2.45, 2.75) is 33.6 Å². The van der Waals surface area contributed by atoms with Gasteiger partial charge in [-0.3, -0.25) is 4.79 Å². The summed E-state index contributed by atoms with van der Waals surface area (Å²) in [4.78, 5) is 11.2. The molecule has 0 aliphatic heterocycles. The van der Waals surface area contributed by atoms with Crippen molar-refractivity contribution in [3.63, 3.8) is 0 Å². The standard InChI is InChI=1S/C11H24N2O2/c1-4-6-13-10(15)8-12-9-11(2,3)5-7-14/h12,14H,4-9H2,1-3H3,(H,13,15). The monoisotopic (exact) mass is 216 g/mol. The van der Waals surface area contributed by atoms with Crippen molar-refractivity contribution in [2.75, 3.05) is 26.2 Å². The maximum absolute atomic E-state index is 11.2. The van der Waals surface area contributed by atoms with E-state index in [-0.39, 0.29) is 17.9 Å².